The fourth-order valence-electron chi connectivity index (χ4n) is 4.84. The summed E-state index contributed by atoms with van der Waals surface area (Å²) in [7, 11) is 0. The minimum absolute atomic E-state index is 0.347. The Kier molecular flexibility index (Phi) is 4.97. The lowest BCUT2D eigenvalue weighted by Crippen LogP contribution is -2.47. The second-order valence-electron chi connectivity index (χ2n) is 8.07. The Morgan fingerprint density at radius 3 is 2.77 bits per heavy atom. The molecule has 8 heteroatoms. The lowest BCUT2D eigenvalue weighted by molar-refractivity contribution is -0.139. The van der Waals surface area contributed by atoms with Gasteiger partial charge in [0.15, 0.2) is 0 Å². The van der Waals surface area contributed by atoms with Gasteiger partial charge < -0.3 is 10.2 Å². The Balaban J connectivity index is 1.39. The average Bonchev–Trinajstić information content (AvgIpc) is 3.34. The Hall–Kier alpha value is -2.87. The van der Waals surface area contributed by atoms with Crippen molar-refractivity contribution in [1.82, 2.24) is 15.1 Å². The second kappa shape index (κ2) is 7.67. The number of nitrogens with one attached hydrogen (secondary N) is 1. The van der Waals surface area contributed by atoms with Gasteiger partial charge in [-0.15, -0.1) is 11.8 Å². The number of rotatable bonds is 3. The van der Waals surface area contributed by atoms with E-state index in [1.165, 1.54) is 17.8 Å². The summed E-state index contributed by atoms with van der Waals surface area (Å²) in [6.07, 6.45) is 2.15. The van der Waals surface area contributed by atoms with Crippen LogP contribution in [0.3, 0.4) is 0 Å². The molecular weight excluding hydrogens is 417 g/mol. The van der Waals surface area contributed by atoms with E-state index in [2.05, 4.69) is 5.32 Å². The van der Waals surface area contributed by atoms with Crippen LogP contribution in [0.15, 0.2) is 48.5 Å². The number of imide groups is 1. The number of carbonyl (C=O) groups is 3. The van der Waals surface area contributed by atoms with Gasteiger partial charge >= 0.3 is 6.03 Å². The number of carbonyl (C=O) groups excluding carboxylic acids is 3. The van der Waals surface area contributed by atoms with Crippen molar-refractivity contribution in [3.05, 3.63) is 71.0 Å². The fourth-order valence-corrected chi connectivity index (χ4v) is 6.14. The highest BCUT2D eigenvalue weighted by atomic mass is 32.2. The highest BCUT2D eigenvalue weighted by Gasteiger charge is 2.54. The van der Waals surface area contributed by atoms with Crippen molar-refractivity contribution in [3.63, 3.8) is 0 Å². The van der Waals surface area contributed by atoms with Crippen LogP contribution in [0.1, 0.15) is 34.9 Å². The lowest BCUT2D eigenvalue weighted by Gasteiger charge is -2.33. The number of thioether (sulfide) groups is 1. The predicted molar refractivity (Wildman–Crippen MR) is 115 cm³/mol. The van der Waals surface area contributed by atoms with Crippen LogP contribution in [0, 0.1) is 5.82 Å². The van der Waals surface area contributed by atoms with Crippen LogP contribution in [-0.4, -0.2) is 46.5 Å². The molecule has 0 radical (unpaired) electrons. The van der Waals surface area contributed by atoms with Gasteiger partial charge in [-0.3, -0.25) is 14.5 Å². The number of nitrogens with zero attached hydrogens (tertiary/aromatic N) is 2. The Morgan fingerprint density at radius 2 is 1.94 bits per heavy atom. The van der Waals surface area contributed by atoms with Crippen LogP contribution in [0.5, 0.6) is 0 Å². The average molecular weight is 440 g/mol. The van der Waals surface area contributed by atoms with Gasteiger partial charge in [0.2, 0.25) is 5.91 Å². The quantitative estimate of drug-likeness (QED) is 0.746. The maximum absolute atomic E-state index is 14.3. The standard InChI is InChI=1S/C23H22FN3O3S/c24-18-10-4-2-8-16(18)20-26(12-13-31-20)19(28)14-27-21(29)23(25-22(27)30)11-5-7-15-6-1-3-9-17(15)23/h1-4,6,8-10,20H,5,7,11-14H2,(H,25,30). The van der Waals surface area contributed by atoms with Crippen molar-refractivity contribution in [2.45, 2.75) is 30.2 Å². The lowest BCUT2D eigenvalue weighted by atomic mass is 9.76. The summed E-state index contributed by atoms with van der Waals surface area (Å²) >= 11 is 1.48. The summed E-state index contributed by atoms with van der Waals surface area (Å²) in [4.78, 5) is 41.9. The molecule has 2 aliphatic heterocycles. The number of hydrogen-bond donors (Lipinski definition) is 1. The molecule has 5 rings (SSSR count). The number of fused-ring (bicyclic) bond motifs is 2. The minimum Gasteiger partial charge on any atom is -0.324 e. The first-order valence-corrected chi connectivity index (χ1v) is 11.4. The van der Waals surface area contributed by atoms with Crippen LogP contribution in [0.2, 0.25) is 0 Å². The number of halogens is 1. The molecule has 6 nitrogen and oxygen atoms in total. The summed E-state index contributed by atoms with van der Waals surface area (Å²) in [5.74, 6) is -0.440. The Labute approximate surface area is 183 Å². The number of benzene rings is 2. The van der Waals surface area contributed by atoms with Crippen molar-refractivity contribution in [2.75, 3.05) is 18.8 Å². The van der Waals surface area contributed by atoms with Crippen molar-refractivity contribution in [3.8, 4) is 0 Å². The van der Waals surface area contributed by atoms with Crippen molar-refractivity contribution in [1.29, 1.82) is 0 Å². The molecule has 1 N–H and O–H groups in total. The molecule has 1 aliphatic carbocycles. The van der Waals surface area contributed by atoms with E-state index in [0.717, 1.165) is 28.9 Å². The summed E-state index contributed by atoms with van der Waals surface area (Å²) in [6, 6.07) is 13.5. The van der Waals surface area contributed by atoms with Gasteiger partial charge in [-0.1, -0.05) is 42.5 Å². The van der Waals surface area contributed by atoms with Gasteiger partial charge in [0.05, 0.1) is 0 Å². The number of urea groups is 1. The van der Waals surface area contributed by atoms with Gasteiger partial charge in [0.25, 0.3) is 5.91 Å². The summed E-state index contributed by atoms with van der Waals surface area (Å²) in [5, 5.41) is 2.42. The first kappa shape index (κ1) is 20.1. The normalized spacial score (nSPS) is 25.1. The van der Waals surface area contributed by atoms with E-state index in [-0.39, 0.29) is 24.2 Å². The third-order valence-corrected chi connectivity index (χ3v) is 7.57. The number of amides is 4. The van der Waals surface area contributed by atoms with Crippen LogP contribution in [-0.2, 0) is 21.5 Å². The zero-order valence-corrected chi connectivity index (χ0v) is 17.7. The molecule has 160 valence electrons. The van der Waals surface area contributed by atoms with Crippen molar-refractivity contribution < 1.29 is 18.8 Å². The molecule has 0 bridgehead atoms. The molecule has 2 saturated heterocycles. The van der Waals surface area contributed by atoms with Crippen LogP contribution in [0.25, 0.3) is 0 Å². The third kappa shape index (κ3) is 3.20. The summed E-state index contributed by atoms with van der Waals surface area (Å²) < 4.78 is 14.3. The Bertz CT molecular complexity index is 1080. The van der Waals surface area contributed by atoms with Crippen molar-refractivity contribution in [2.24, 2.45) is 0 Å². The van der Waals surface area contributed by atoms with Crippen LogP contribution in [0.4, 0.5) is 9.18 Å². The van der Waals surface area contributed by atoms with Crippen LogP contribution >= 0.6 is 11.8 Å². The molecule has 0 saturated carbocycles. The molecule has 2 aromatic rings. The van der Waals surface area contributed by atoms with E-state index in [4.69, 9.17) is 0 Å². The summed E-state index contributed by atoms with van der Waals surface area (Å²) in [5.41, 5.74) is 1.20. The SMILES string of the molecule is O=C1NC2(CCCc3ccccc32)C(=O)N1CC(=O)N1CCSC1c1ccccc1F. The van der Waals surface area contributed by atoms with E-state index in [9.17, 15) is 18.8 Å². The minimum atomic E-state index is -1.10. The topological polar surface area (TPSA) is 69.7 Å². The smallest absolute Gasteiger partial charge is 0.324 e. The maximum atomic E-state index is 14.3. The largest absolute Gasteiger partial charge is 0.325 e. The first-order valence-electron chi connectivity index (χ1n) is 10.4. The molecule has 2 fully saturated rings. The fraction of sp³-hybridized carbons (Fsp3) is 0.348. The molecule has 2 aromatic carbocycles. The van der Waals surface area contributed by atoms with E-state index in [1.54, 1.807) is 23.1 Å². The van der Waals surface area contributed by atoms with Gasteiger partial charge in [-0.25, -0.2) is 9.18 Å². The van der Waals surface area contributed by atoms with Crippen molar-refractivity contribution >= 4 is 29.6 Å². The number of hydrogen-bond acceptors (Lipinski definition) is 4. The molecule has 31 heavy (non-hydrogen) atoms. The molecule has 0 aromatic heterocycles. The summed E-state index contributed by atoms with van der Waals surface area (Å²) in [6.45, 7) is 0.0974. The third-order valence-electron chi connectivity index (χ3n) is 6.33. The van der Waals surface area contributed by atoms with Gasteiger partial charge in [-0.05, 0) is 36.5 Å². The molecule has 4 amide bonds. The molecule has 2 heterocycles. The predicted octanol–water partition coefficient (Wildman–Crippen LogP) is 3.18. The van der Waals surface area contributed by atoms with Crippen LogP contribution < -0.4 is 5.32 Å². The van der Waals surface area contributed by atoms with E-state index in [0.29, 0.717) is 24.3 Å². The van der Waals surface area contributed by atoms with Gasteiger partial charge in [-0.2, -0.15) is 0 Å². The van der Waals surface area contributed by atoms with Gasteiger partial charge in [0.1, 0.15) is 23.3 Å². The molecule has 3 aliphatic rings. The van der Waals surface area contributed by atoms with Gasteiger partial charge in [0, 0.05) is 17.9 Å². The molecular formula is C23H22FN3O3S. The first-order chi connectivity index (χ1) is 15.0. The Morgan fingerprint density at radius 1 is 1.16 bits per heavy atom. The highest BCUT2D eigenvalue weighted by Crippen LogP contribution is 2.41. The number of aryl methyl sites for hydroxylation is 1. The monoisotopic (exact) mass is 439 g/mol. The zero-order chi connectivity index (χ0) is 21.6. The molecule has 2 unspecified atom stereocenters. The molecule has 2 atom stereocenters. The van der Waals surface area contributed by atoms with E-state index >= 15 is 0 Å². The zero-order valence-electron chi connectivity index (χ0n) is 16.8. The van der Waals surface area contributed by atoms with E-state index in [1.807, 2.05) is 24.3 Å². The highest BCUT2D eigenvalue weighted by molar-refractivity contribution is 7.99. The maximum Gasteiger partial charge on any atom is 0.325 e. The molecule has 1 spiro atoms. The van der Waals surface area contributed by atoms with E-state index < -0.39 is 16.9 Å². The second-order valence-corrected chi connectivity index (χ2v) is 9.26.